The molecule has 0 radical (unpaired) electrons. The quantitative estimate of drug-likeness (QED) is 0.501. The zero-order chi connectivity index (χ0) is 19.8. The van der Waals surface area contributed by atoms with Gasteiger partial charge in [0.2, 0.25) is 0 Å². The van der Waals surface area contributed by atoms with Crippen molar-refractivity contribution in [1.29, 1.82) is 5.26 Å². The zero-order valence-corrected chi connectivity index (χ0v) is 16.2. The zero-order valence-electron chi connectivity index (χ0n) is 14.6. The fraction of sp³-hybridized carbons (Fsp3) is 0.263. The van der Waals surface area contributed by atoms with E-state index in [2.05, 4.69) is 15.6 Å². The van der Waals surface area contributed by atoms with Crippen LogP contribution in [0.25, 0.3) is 0 Å². The number of hydrogen-bond donors (Lipinski definition) is 3. The summed E-state index contributed by atoms with van der Waals surface area (Å²) in [4.78, 5) is 4.31. The average molecular weight is 409 g/mol. The first-order chi connectivity index (χ1) is 12.9. The molecule has 0 saturated carbocycles. The molecule has 5 nitrogen and oxygen atoms in total. The molecule has 2 rings (SSSR count). The summed E-state index contributed by atoms with van der Waals surface area (Å²) in [5.74, 6) is -0.0595. The first-order valence-electron chi connectivity index (χ1n) is 8.27. The predicted molar refractivity (Wildman–Crippen MR) is 105 cm³/mol. The molecule has 27 heavy (non-hydrogen) atoms. The number of hydrogen-bond acceptors (Lipinski definition) is 3. The van der Waals surface area contributed by atoms with Gasteiger partial charge in [-0.3, -0.25) is 0 Å². The van der Waals surface area contributed by atoms with Crippen LogP contribution in [-0.2, 0) is 6.54 Å². The predicted octanol–water partition coefficient (Wildman–Crippen LogP) is 3.79. The molecule has 0 spiro atoms. The summed E-state index contributed by atoms with van der Waals surface area (Å²) in [6, 6.07) is 11.0. The van der Waals surface area contributed by atoms with E-state index in [1.807, 2.05) is 13.0 Å². The second kappa shape index (κ2) is 10.1. The van der Waals surface area contributed by atoms with Crippen molar-refractivity contribution in [2.45, 2.75) is 19.6 Å². The summed E-state index contributed by atoms with van der Waals surface area (Å²) in [5.41, 5.74) is 1.20. The van der Waals surface area contributed by atoms with Crippen LogP contribution < -0.4 is 10.6 Å². The van der Waals surface area contributed by atoms with Crippen molar-refractivity contribution in [3.05, 3.63) is 69.0 Å². The average Bonchev–Trinajstić information content (AvgIpc) is 2.63. The molecule has 3 N–H and O–H groups in total. The number of rotatable bonds is 6. The highest BCUT2D eigenvalue weighted by Gasteiger charge is 2.11. The molecule has 0 aliphatic carbocycles. The Morgan fingerprint density at radius 1 is 1.22 bits per heavy atom. The molecule has 0 fully saturated rings. The minimum Gasteiger partial charge on any atom is -0.387 e. The fourth-order valence-electron chi connectivity index (χ4n) is 2.33. The normalized spacial score (nSPS) is 12.4. The summed E-state index contributed by atoms with van der Waals surface area (Å²) in [6.45, 7) is 2.75. The van der Waals surface area contributed by atoms with Gasteiger partial charge in [0, 0.05) is 28.7 Å². The Kier molecular flexibility index (Phi) is 7.86. The monoisotopic (exact) mass is 408 g/mol. The van der Waals surface area contributed by atoms with Gasteiger partial charge in [-0.1, -0.05) is 29.3 Å². The van der Waals surface area contributed by atoms with Gasteiger partial charge in [-0.2, -0.15) is 5.26 Å². The van der Waals surface area contributed by atoms with Gasteiger partial charge in [0.25, 0.3) is 0 Å². The third kappa shape index (κ3) is 6.40. The van der Waals surface area contributed by atoms with Crippen molar-refractivity contribution in [3.8, 4) is 6.07 Å². The molecule has 0 saturated heterocycles. The van der Waals surface area contributed by atoms with Gasteiger partial charge >= 0.3 is 0 Å². The molecule has 142 valence electrons. The lowest BCUT2D eigenvalue weighted by molar-refractivity contribution is 0.181. The van der Waals surface area contributed by atoms with E-state index in [9.17, 15) is 9.50 Å². The van der Waals surface area contributed by atoms with Crippen molar-refractivity contribution < 1.29 is 9.50 Å². The first kappa shape index (κ1) is 21.0. The Labute approximate surface area is 167 Å². The maximum absolute atomic E-state index is 14.0. The summed E-state index contributed by atoms with van der Waals surface area (Å²) < 4.78 is 14.0. The Balaban J connectivity index is 2.04. The smallest absolute Gasteiger partial charge is 0.191 e. The van der Waals surface area contributed by atoms with Gasteiger partial charge in [-0.15, -0.1) is 0 Å². The van der Waals surface area contributed by atoms with Gasteiger partial charge in [-0.05, 0) is 42.8 Å². The molecule has 0 aromatic heterocycles. The maximum Gasteiger partial charge on any atom is 0.191 e. The number of nitrogens with one attached hydrogen (secondary N) is 2. The van der Waals surface area contributed by atoms with Crippen molar-refractivity contribution in [1.82, 2.24) is 10.6 Å². The van der Waals surface area contributed by atoms with Crippen molar-refractivity contribution >= 4 is 29.2 Å². The highest BCUT2D eigenvalue weighted by atomic mass is 35.5. The lowest BCUT2D eigenvalue weighted by Gasteiger charge is -2.16. The van der Waals surface area contributed by atoms with Crippen LogP contribution in [0.1, 0.15) is 29.7 Å². The SMILES string of the molecule is CCNC(=NCc1ccc(C#N)cc1F)NCC(O)c1cc(Cl)cc(Cl)c1. The Morgan fingerprint density at radius 3 is 2.52 bits per heavy atom. The number of nitriles is 1. The number of nitrogens with zero attached hydrogens (tertiary/aromatic N) is 2. The maximum atomic E-state index is 14.0. The third-order valence-electron chi connectivity index (χ3n) is 3.67. The van der Waals surface area contributed by atoms with E-state index in [-0.39, 0.29) is 18.7 Å². The van der Waals surface area contributed by atoms with Gasteiger partial charge in [0.15, 0.2) is 5.96 Å². The van der Waals surface area contributed by atoms with Crippen LogP contribution in [0.5, 0.6) is 0 Å². The summed E-state index contributed by atoms with van der Waals surface area (Å²) in [5, 5.41) is 26.0. The van der Waals surface area contributed by atoms with E-state index >= 15 is 0 Å². The molecule has 8 heteroatoms. The second-order valence-electron chi connectivity index (χ2n) is 5.71. The van der Waals surface area contributed by atoms with Crippen LogP contribution in [0, 0.1) is 17.1 Å². The second-order valence-corrected chi connectivity index (χ2v) is 6.59. The Hall–Kier alpha value is -2.33. The van der Waals surface area contributed by atoms with Crippen molar-refractivity contribution in [3.63, 3.8) is 0 Å². The lowest BCUT2D eigenvalue weighted by atomic mass is 10.1. The van der Waals surface area contributed by atoms with E-state index in [0.29, 0.717) is 33.7 Å². The van der Waals surface area contributed by atoms with E-state index in [0.717, 1.165) is 0 Å². The van der Waals surface area contributed by atoms with Gasteiger partial charge < -0.3 is 15.7 Å². The van der Waals surface area contributed by atoms with E-state index in [1.165, 1.54) is 12.1 Å². The Morgan fingerprint density at radius 2 is 1.93 bits per heavy atom. The highest BCUT2D eigenvalue weighted by molar-refractivity contribution is 6.34. The summed E-state index contributed by atoms with van der Waals surface area (Å²) >= 11 is 11.9. The standard InChI is InChI=1S/C19H19Cl2FN4O/c1-2-24-19(25-10-13-4-3-12(9-23)5-17(13)22)26-11-18(27)14-6-15(20)8-16(21)7-14/h3-8,18,27H,2,10-11H2,1H3,(H2,24,25,26). The van der Waals surface area contributed by atoms with Gasteiger partial charge in [-0.25, -0.2) is 9.38 Å². The minimum absolute atomic E-state index is 0.0892. The van der Waals surface area contributed by atoms with E-state index < -0.39 is 11.9 Å². The third-order valence-corrected chi connectivity index (χ3v) is 4.10. The molecule has 0 aliphatic rings. The molecule has 0 aliphatic heterocycles. The van der Waals surface area contributed by atoms with Crippen LogP contribution in [0.15, 0.2) is 41.4 Å². The van der Waals surface area contributed by atoms with Crippen LogP contribution >= 0.6 is 23.2 Å². The van der Waals surface area contributed by atoms with Gasteiger partial charge in [0.05, 0.1) is 24.3 Å². The molecule has 0 bridgehead atoms. The topological polar surface area (TPSA) is 80.4 Å². The van der Waals surface area contributed by atoms with Crippen LogP contribution in [-0.4, -0.2) is 24.2 Å². The van der Waals surface area contributed by atoms with Gasteiger partial charge in [0.1, 0.15) is 5.82 Å². The molecule has 0 amide bonds. The van der Waals surface area contributed by atoms with Crippen molar-refractivity contribution in [2.75, 3.05) is 13.1 Å². The number of guanidine groups is 1. The molecule has 2 aromatic rings. The summed E-state index contributed by atoms with van der Waals surface area (Å²) in [6.07, 6.45) is -0.850. The number of halogens is 3. The molecular formula is C19H19Cl2FN4O. The molecule has 0 heterocycles. The van der Waals surface area contributed by atoms with E-state index in [1.54, 1.807) is 24.3 Å². The lowest BCUT2D eigenvalue weighted by Crippen LogP contribution is -2.39. The number of aliphatic imine (C=N–C) groups is 1. The van der Waals surface area contributed by atoms with Crippen LogP contribution in [0.4, 0.5) is 4.39 Å². The Bertz CT molecular complexity index is 847. The number of aliphatic hydroxyl groups is 1. The summed E-state index contributed by atoms with van der Waals surface area (Å²) in [7, 11) is 0. The van der Waals surface area contributed by atoms with Crippen LogP contribution in [0.2, 0.25) is 10.0 Å². The van der Waals surface area contributed by atoms with Crippen LogP contribution in [0.3, 0.4) is 0 Å². The highest BCUT2D eigenvalue weighted by Crippen LogP contribution is 2.23. The number of benzene rings is 2. The van der Waals surface area contributed by atoms with E-state index in [4.69, 9.17) is 28.5 Å². The minimum atomic E-state index is -0.850. The largest absolute Gasteiger partial charge is 0.387 e. The molecule has 2 aromatic carbocycles. The molecule has 1 atom stereocenters. The fourth-order valence-corrected chi connectivity index (χ4v) is 2.87. The molecule has 1 unspecified atom stereocenters. The first-order valence-corrected chi connectivity index (χ1v) is 9.03. The van der Waals surface area contributed by atoms with Crippen molar-refractivity contribution in [2.24, 2.45) is 4.99 Å². The molecular weight excluding hydrogens is 390 g/mol. The number of aliphatic hydroxyl groups excluding tert-OH is 1.